The Morgan fingerprint density at radius 3 is 2.87 bits per heavy atom. The average Bonchev–Trinajstić information content (AvgIpc) is 2.70. The van der Waals surface area contributed by atoms with Gasteiger partial charge in [-0.3, -0.25) is 4.57 Å². The molecule has 6 heteroatoms. The third-order valence-corrected chi connectivity index (χ3v) is 1.82. The smallest absolute Gasteiger partial charge is 0.337 e. The third kappa shape index (κ3) is 1.69. The monoisotopic (exact) mass is 207 g/mol. The van der Waals surface area contributed by atoms with Crippen molar-refractivity contribution in [2.45, 2.75) is 0 Å². The molecule has 0 amide bonds. The first-order valence-electron chi connectivity index (χ1n) is 4.05. The summed E-state index contributed by atoms with van der Waals surface area (Å²) in [6, 6.07) is 0.921. The topological polar surface area (TPSA) is 68.0 Å². The van der Waals surface area contributed by atoms with Crippen molar-refractivity contribution in [3.8, 4) is 5.82 Å². The first kappa shape index (κ1) is 9.32. The van der Waals surface area contributed by atoms with Crippen molar-refractivity contribution >= 4 is 5.97 Å². The van der Waals surface area contributed by atoms with Crippen molar-refractivity contribution in [1.82, 2.24) is 14.5 Å². The molecule has 2 rings (SSSR count). The zero-order chi connectivity index (χ0) is 10.8. The lowest BCUT2D eigenvalue weighted by atomic mass is 10.3. The molecule has 0 bridgehead atoms. The molecular formula is C9H6FN3O2. The van der Waals surface area contributed by atoms with E-state index in [9.17, 15) is 9.18 Å². The minimum absolute atomic E-state index is 0.0255. The first-order chi connectivity index (χ1) is 7.18. The van der Waals surface area contributed by atoms with Crippen LogP contribution in [0.2, 0.25) is 0 Å². The molecule has 0 aliphatic carbocycles. The molecule has 2 aromatic heterocycles. The number of carboxylic acids is 1. The van der Waals surface area contributed by atoms with Crippen molar-refractivity contribution in [3.63, 3.8) is 0 Å². The van der Waals surface area contributed by atoms with Gasteiger partial charge in [0.15, 0.2) is 11.6 Å². The molecule has 0 aromatic carbocycles. The Balaban J connectivity index is 2.48. The van der Waals surface area contributed by atoms with Crippen molar-refractivity contribution in [2.75, 3.05) is 0 Å². The number of halogens is 1. The number of aromatic carboxylic acids is 1. The average molecular weight is 207 g/mol. The molecule has 2 aromatic rings. The summed E-state index contributed by atoms with van der Waals surface area (Å²) in [5.74, 6) is -1.89. The van der Waals surface area contributed by atoms with Crippen LogP contribution in [0, 0.1) is 5.82 Å². The van der Waals surface area contributed by atoms with Crippen LogP contribution >= 0.6 is 0 Å². The summed E-state index contributed by atoms with van der Waals surface area (Å²) in [5, 5.41) is 8.60. The summed E-state index contributed by atoms with van der Waals surface area (Å²) in [5.41, 5.74) is -0.184. The molecule has 0 fully saturated rings. The molecule has 76 valence electrons. The molecule has 0 unspecified atom stereocenters. The van der Waals surface area contributed by atoms with Gasteiger partial charge in [0, 0.05) is 18.6 Å². The zero-order valence-corrected chi connectivity index (χ0v) is 7.46. The predicted octanol–water partition coefficient (Wildman–Crippen LogP) is 1.10. The zero-order valence-electron chi connectivity index (χ0n) is 7.46. The molecular weight excluding hydrogens is 201 g/mol. The number of carboxylic acid groups (broad SMARTS) is 1. The molecule has 0 radical (unpaired) electrons. The van der Waals surface area contributed by atoms with Gasteiger partial charge in [0.1, 0.15) is 6.33 Å². The number of hydrogen-bond acceptors (Lipinski definition) is 3. The Morgan fingerprint density at radius 2 is 2.33 bits per heavy atom. The van der Waals surface area contributed by atoms with Gasteiger partial charge in [-0.2, -0.15) is 0 Å². The van der Waals surface area contributed by atoms with Crippen molar-refractivity contribution in [2.24, 2.45) is 0 Å². The van der Waals surface area contributed by atoms with Crippen LogP contribution in [0.15, 0.2) is 31.0 Å². The van der Waals surface area contributed by atoms with E-state index in [0.29, 0.717) is 0 Å². The molecule has 0 aliphatic heterocycles. The van der Waals surface area contributed by atoms with Crippen LogP contribution in [0.5, 0.6) is 0 Å². The van der Waals surface area contributed by atoms with Gasteiger partial charge in [0.05, 0.1) is 5.56 Å². The minimum atomic E-state index is -1.21. The largest absolute Gasteiger partial charge is 0.478 e. The van der Waals surface area contributed by atoms with Crippen LogP contribution in [0.3, 0.4) is 0 Å². The number of rotatable bonds is 2. The Morgan fingerprint density at radius 1 is 1.53 bits per heavy atom. The Labute approximate surface area is 83.8 Å². The lowest BCUT2D eigenvalue weighted by molar-refractivity contribution is 0.0696. The van der Waals surface area contributed by atoms with Gasteiger partial charge in [-0.05, 0) is 6.07 Å². The molecule has 0 atom stereocenters. The summed E-state index contributed by atoms with van der Waals surface area (Å²) in [4.78, 5) is 18.0. The fourth-order valence-corrected chi connectivity index (χ4v) is 1.12. The Kier molecular flexibility index (Phi) is 2.17. The standard InChI is InChI=1S/C9H6FN3O2/c10-7-3-6(9(14)15)4-12-8(7)13-2-1-11-5-13/h1-5H,(H,14,15). The summed E-state index contributed by atoms with van der Waals surface area (Å²) in [7, 11) is 0. The molecule has 0 saturated carbocycles. The quantitative estimate of drug-likeness (QED) is 0.800. The second-order valence-electron chi connectivity index (χ2n) is 2.80. The van der Waals surface area contributed by atoms with Crippen molar-refractivity contribution in [1.29, 1.82) is 0 Å². The number of pyridine rings is 1. The second-order valence-corrected chi connectivity index (χ2v) is 2.80. The number of hydrogen-bond donors (Lipinski definition) is 1. The predicted molar refractivity (Wildman–Crippen MR) is 48.3 cm³/mol. The lowest BCUT2D eigenvalue weighted by Gasteiger charge is -2.02. The highest BCUT2D eigenvalue weighted by Gasteiger charge is 2.10. The maximum Gasteiger partial charge on any atom is 0.337 e. The van der Waals surface area contributed by atoms with E-state index in [0.717, 1.165) is 12.3 Å². The summed E-state index contributed by atoms with van der Waals surface area (Å²) in [6.07, 6.45) is 5.48. The fourth-order valence-electron chi connectivity index (χ4n) is 1.12. The highest BCUT2D eigenvalue weighted by atomic mass is 19.1. The van der Waals surface area contributed by atoms with Crippen LogP contribution < -0.4 is 0 Å². The molecule has 0 spiro atoms. The van der Waals surface area contributed by atoms with Crippen LogP contribution in [0.25, 0.3) is 5.82 Å². The molecule has 0 aliphatic rings. The maximum absolute atomic E-state index is 13.4. The van der Waals surface area contributed by atoms with Crippen molar-refractivity contribution in [3.05, 3.63) is 42.4 Å². The van der Waals surface area contributed by atoms with E-state index >= 15 is 0 Å². The van der Waals surface area contributed by atoms with Crippen LogP contribution in [-0.4, -0.2) is 25.6 Å². The third-order valence-electron chi connectivity index (χ3n) is 1.82. The molecule has 0 saturated heterocycles. The van der Waals surface area contributed by atoms with Gasteiger partial charge in [-0.25, -0.2) is 19.2 Å². The first-order valence-corrected chi connectivity index (χ1v) is 4.05. The van der Waals surface area contributed by atoms with E-state index < -0.39 is 11.8 Å². The number of aromatic nitrogens is 3. The summed E-state index contributed by atoms with van der Waals surface area (Å²) in [6.45, 7) is 0. The van der Waals surface area contributed by atoms with E-state index in [2.05, 4.69) is 9.97 Å². The molecule has 1 N–H and O–H groups in total. The molecule has 15 heavy (non-hydrogen) atoms. The highest BCUT2D eigenvalue weighted by molar-refractivity contribution is 5.87. The van der Waals surface area contributed by atoms with E-state index in [4.69, 9.17) is 5.11 Å². The van der Waals surface area contributed by atoms with Gasteiger partial charge in [-0.1, -0.05) is 0 Å². The number of carbonyl (C=O) groups is 1. The SMILES string of the molecule is O=C(O)c1cnc(-n2ccnc2)c(F)c1. The highest BCUT2D eigenvalue weighted by Crippen LogP contribution is 2.11. The number of nitrogens with zero attached hydrogens (tertiary/aromatic N) is 3. The van der Waals surface area contributed by atoms with E-state index in [1.807, 2.05) is 0 Å². The van der Waals surface area contributed by atoms with Gasteiger partial charge in [0.2, 0.25) is 0 Å². The van der Waals surface area contributed by atoms with Gasteiger partial charge >= 0.3 is 5.97 Å². The Hall–Kier alpha value is -2.24. The van der Waals surface area contributed by atoms with Crippen LogP contribution in [0.4, 0.5) is 4.39 Å². The van der Waals surface area contributed by atoms with Crippen LogP contribution in [-0.2, 0) is 0 Å². The molecule has 5 nitrogen and oxygen atoms in total. The van der Waals surface area contributed by atoms with Crippen molar-refractivity contribution < 1.29 is 14.3 Å². The van der Waals surface area contributed by atoms with Gasteiger partial charge < -0.3 is 5.11 Å². The van der Waals surface area contributed by atoms with E-state index in [1.54, 1.807) is 0 Å². The number of imidazole rings is 1. The van der Waals surface area contributed by atoms with Gasteiger partial charge in [0.25, 0.3) is 0 Å². The van der Waals surface area contributed by atoms with Crippen LogP contribution in [0.1, 0.15) is 10.4 Å². The lowest BCUT2D eigenvalue weighted by Crippen LogP contribution is -2.03. The second kappa shape index (κ2) is 3.49. The minimum Gasteiger partial charge on any atom is -0.478 e. The maximum atomic E-state index is 13.4. The summed E-state index contributed by atoms with van der Waals surface area (Å²) >= 11 is 0. The summed E-state index contributed by atoms with van der Waals surface area (Å²) < 4.78 is 14.8. The Bertz CT molecular complexity index is 496. The fraction of sp³-hybridized carbons (Fsp3) is 0. The normalized spacial score (nSPS) is 10.2. The van der Waals surface area contributed by atoms with Gasteiger partial charge in [-0.15, -0.1) is 0 Å². The van der Waals surface area contributed by atoms with E-state index in [-0.39, 0.29) is 11.4 Å². The molecule has 2 heterocycles. The van der Waals surface area contributed by atoms with E-state index in [1.165, 1.54) is 23.3 Å².